The number of amides is 1. The molecular formula is C17H13N5OS2. The lowest BCUT2D eigenvalue weighted by molar-refractivity contribution is 0.103. The van der Waals surface area contributed by atoms with Crippen molar-refractivity contribution in [3.05, 3.63) is 65.3 Å². The van der Waals surface area contributed by atoms with Gasteiger partial charge < -0.3 is 5.32 Å². The van der Waals surface area contributed by atoms with Crippen molar-refractivity contribution in [2.45, 2.75) is 6.54 Å². The number of benzene rings is 1. The summed E-state index contributed by atoms with van der Waals surface area (Å²) in [5.74, 6) is -0.168. The van der Waals surface area contributed by atoms with Gasteiger partial charge in [-0.05, 0) is 35.2 Å². The van der Waals surface area contributed by atoms with Crippen LogP contribution in [0.2, 0.25) is 0 Å². The van der Waals surface area contributed by atoms with Crippen LogP contribution in [0.25, 0.3) is 10.1 Å². The van der Waals surface area contributed by atoms with Crippen LogP contribution in [0.4, 0.5) is 10.3 Å². The molecule has 0 spiro atoms. The summed E-state index contributed by atoms with van der Waals surface area (Å²) >= 11 is 2.77. The van der Waals surface area contributed by atoms with Crippen molar-refractivity contribution < 1.29 is 4.79 Å². The first-order chi connectivity index (χ1) is 12.3. The quantitative estimate of drug-likeness (QED) is 0.557. The van der Waals surface area contributed by atoms with Crippen LogP contribution in [0.1, 0.15) is 15.2 Å². The molecule has 0 atom stereocenters. The zero-order valence-electron chi connectivity index (χ0n) is 13.0. The van der Waals surface area contributed by atoms with E-state index >= 15 is 0 Å². The highest BCUT2D eigenvalue weighted by Crippen LogP contribution is 2.27. The summed E-state index contributed by atoms with van der Waals surface area (Å²) in [7, 11) is 0. The second-order valence-electron chi connectivity index (χ2n) is 5.22. The van der Waals surface area contributed by atoms with Crippen molar-refractivity contribution in [1.82, 2.24) is 15.2 Å². The molecule has 0 saturated heterocycles. The summed E-state index contributed by atoms with van der Waals surface area (Å²) in [6.45, 7) is 0.626. The Morgan fingerprint density at radius 3 is 2.64 bits per heavy atom. The number of thiophene rings is 1. The van der Waals surface area contributed by atoms with Gasteiger partial charge >= 0.3 is 0 Å². The van der Waals surface area contributed by atoms with Crippen LogP contribution in [0, 0.1) is 0 Å². The number of rotatable bonds is 5. The van der Waals surface area contributed by atoms with Crippen LogP contribution >= 0.6 is 22.7 Å². The van der Waals surface area contributed by atoms with Gasteiger partial charge in [0.25, 0.3) is 5.91 Å². The van der Waals surface area contributed by atoms with Gasteiger partial charge in [-0.15, -0.1) is 21.5 Å². The zero-order valence-corrected chi connectivity index (χ0v) is 14.6. The van der Waals surface area contributed by atoms with Gasteiger partial charge in [-0.2, -0.15) is 0 Å². The lowest BCUT2D eigenvalue weighted by Gasteiger charge is -2.00. The van der Waals surface area contributed by atoms with Crippen molar-refractivity contribution in [2.75, 3.05) is 10.6 Å². The van der Waals surface area contributed by atoms with E-state index in [1.165, 1.54) is 22.7 Å². The molecular weight excluding hydrogens is 354 g/mol. The minimum Gasteiger partial charge on any atom is -0.356 e. The molecule has 0 unspecified atom stereocenters. The lowest BCUT2D eigenvalue weighted by Crippen LogP contribution is -2.09. The van der Waals surface area contributed by atoms with E-state index in [4.69, 9.17) is 0 Å². The predicted molar refractivity (Wildman–Crippen MR) is 101 cm³/mol. The van der Waals surface area contributed by atoms with Gasteiger partial charge in [0.15, 0.2) is 0 Å². The first-order valence-corrected chi connectivity index (χ1v) is 9.17. The summed E-state index contributed by atoms with van der Waals surface area (Å²) in [6.07, 6.45) is 3.49. The van der Waals surface area contributed by atoms with Gasteiger partial charge in [0.2, 0.25) is 10.3 Å². The number of hydrogen-bond donors (Lipinski definition) is 2. The topological polar surface area (TPSA) is 79.8 Å². The van der Waals surface area contributed by atoms with Crippen LogP contribution < -0.4 is 10.6 Å². The molecule has 0 aliphatic heterocycles. The maximum Gasteiger partial charge on any atom is 0.267 e. The van der Waals surface area contributed by atoms with Gasteiger partial charge in [0.1, 0.15) is 0 Å². The molecule has 0 aliphatic carbocycles. The number of hydrogen-bond acceptors (Lipinski definition) is 7. The number of aromatic nitrogens is 3. The summed E-state index contributed by atoms with van der Waals surface area (Å²) in [4.78, 5) is 17.0. The third-order valence-electron chi connectivity index (χ3n) is 3.49. The van der Waals surface area contributed by atoms with Gasteiger partial charge in [-0.25, -0.2) is 0 Å². The molecule has 0 fully saturated rings. The monoisotopic (exact) mass is 367 g/mol. The molecule has 4 aromatic rings. The number of carbonyl (C=O) groups is 1. The molecule has 8 heteroatoms. The Kier molecular flexibility index (Phi) is 4.36. The molecule has 4 rings (SSSR count). The normalized spacial score (nSPS) is 10.7. The Bertz CT molecular complexity index is 979. The minimum absolute atomic E-state index is 0.168. The van der Waals surface area contributed by atoms with E-state index in [2.05, 4.69) is 25.8 Å². The summed E-state index contributed by atoms with van der Waals surface area (Å²) < 4.78 is 1.09. The molecule has 0 aliphatic rings. The number of nitrogens with one attached hydrogen (secondary N) is 2. The van der Waals surface area contributed by atoms with Crippen LogP contribution in [0.3, 0.4) is 0 Å². The zero-order chi connectivity index (χ0) is 17.1. The van der Waals surface area contributed by atoms with Crippen molar-refractivity contribution >= 4 is 48.9 Å². The van der Waals surface area contributed by atoms with E-state index in [0.29, 0.717) is 21.7 Å². The van der Waals surface area contributed by atoms with Gasteiger partial charge in [0.05, 0.1) is 4.88 Å². The van der Waals surface area contributed by atoms with E-state index in [0.717, 1.165) is 15.6 Å². The largest absolute Gasteiger partial charge is 0.356 e. The highest BCUT2D eigenvalue weighted by atomic mass is 32.1. The average Bonchev–Trinajstić information content (AvgIpc) is 3.27. The van der Waals surface area contributed by atoms with Crippen LogP contribution in [-0.2, 0) is 6.54 Å². The average molecular weight is 367 g/mol. The molecule has 25 heavy (non-hydrogen) atoms. The smallest absolute Gasteiger partial charge is 0.267 e. The molecule has 0 radical (unpaired) electrons. The number of nitrogens with zero attached hydrogens (tertiary/aromatic N) is 3. The molecule has 6 nitrogen and oxygen atoms in total. The SMILES string of the molecule is O=C(Nc1nnc(NCc2ccncc2)s1)c1cc2ccccc2s1. The Balaban J connectivity index is 1.41. The molecule has 124 valence electrons. The minimum atomic E-state index is -0.168. The summed E-state index contributed by atoms with van der Waals surface area (Å²) in [6, 6.07) is 13.7. The van der Waals surface area contributed by atoms with Gasteiger partial charge in [0, 0.05) is 23.6 Å². The number of carbonyl (C=O) groups excluding carboxylic acids is 1. The maximum absolute atomic E-state index is 12.4. The van der Waals surface area contributed by atoms with Crippen molar-refractivity contribution in [3.8, 4) is 0 Å². The fourth-order valence-corrected chi connectivity index (χ4v) is 3.87. The number of pyridine rings is 1. The van der Waals surface area contributed by atoms with E-state index < -0.39 is 0 Å². The van der Waals surface area contributed by atoms with E-state index in [9.17, 15) is 4.79 Å². The predicted octanol–water partition coefficient (Wildman–Crippen LogP) is 4.01. The van der Waals surface area contributed by atoms with Gasteiger partial charge in [-0.1, -0.05) is 29.5 Å². The second-order valence-corrected chi connectivity index (χ2v) is 7.29. The van der Waals surface area contributed by atoms with Crippen LogP contribution in [0.15, 0.2) is 54.9 Å². The molecule has 0 saturated carbocycles. The highest BCUT2D eigenvalue weighted by Gasteiger charge is 2.13. The van der Waals surface area contributed by atoms with Crippen molar-refractivity contribution in [2.24, 2.45) is 0 Å². The standard InChI is InChI=1S/C17H13N5OS2/c23-15(14-9-12-3-1-2-4-13(12)24-14)20-17-22-21-16(25-17)19-10-11-5-7-18-8-6-11/h1-9H,10H2,(H,19,21)(H,20,22,23). The van der Waals surface area contributed by atoms with E-state index in [1.54, 1.807) is 12.4 Å². The lowest BCUT2D eigenvalue weighted by atomic mass is 10.2. The Labute approximate surface area is 151 Å². The highest BCUT2D eigenvalue weighted by molar-refractivity contribution is 7.21. The van der Waals surface area contributed by atoms with Crippen molar-refractivity contribution in [3.63, 3.8) is 0 Å². The molecule has 3 aromatic heterocycles. The first-order valence-electron chi connectivity index (χ1n) is 7.54. The van der Waals surface area contributed by atoms with E-state index in [1.807, 2.05) is 42.5 Å². The Hall–Kier alpha value is -2.84. The number of anilines is 2. The van der Waals surface area contributed by atoms with E-state index in [-0.39, 0.29) is 5.91 Å². The van der Waals surface area contributed by atoms with Crippen molar-refractivity contribution in [1.29, 1.82) is 0 Å². The first kappa shape index (κ1) is 15.7. The molecule has 1 amide bonds. The van der Waals surface area contributed by atoms with Crippen LogP contribution in [-0.4, -0.2) is 21.1 Å². The fourth-order valence-electron chi connectivity index (χ4n) is 2.28. The Morgan fingerprint density at radius 1 is 1.00 bits per heavy atom. The molecule has 3 heterocycles. The summed E-state index contributed by atoms with van der Waals surface area (Å²) in [5, 5.41) is 16.2. The third kappa shape index (κ3) is 3.65. The van der Waals surface area contributed by atoms with Gasteiger partial charge in [-0.3, -0.25) is 15.1 Å². The van der Waals surface area contributed by atoms with Crippen LogP contribution in [0.5, 0.6) is 0 Å². The fraction of sp³-hybridized carbons (Fsp3) is 0.0588. The molecule has 0 bridgehead atoms. The number of fused-ring (bicyclic) bond motifs is 1. The maximum atomic E-state index is 12.4. The molecule has 1 aromatic carbocycles. The molecule has 2 N–H and O–H groups in total. The second kappa shape index (κ2) is 6.96. The third-order valence-corrected chi connectivity index (χ3v) is 5.40. The summed E-state index contributed by atoms with van der Waals surface area (Å²) in [5.41, 5.74) is 1.10. The Morgan fingerprint density at radius 2 is 1.80 bits per heavy atom.